The first-order valence-electron chi connectivity index (χ1n) is 12.5. The van der Waals surface area contributed by atoms with Gasteiger partial charge in [-0.25, -0.2) is 0 Å². The van der Waals surface area contributed by atoms with Crippen LogP contribution in [0, 0.1) is 40.9 Å². The highest BCUT2D eigenvalue weighted by Crippen LogP contribution is 2.65. The SMILES string of the molecule is CCC(C)CC1CCC(C(C2CCC(CC(C)CC)CC2)(C(F)(F)F)C(F)(F)F)CC1. The van der Waals surface area contributed by atoms with Crippen molar-refractivity contribution in [3.05, 3.63) is 0 Å². The lowest BCUT2D eigenvalue weighted by atomic mass is 9.55. The molecule has 0 nitrogen and oxygen atoms in total. The minimum Gasteiger partial charge on any atom is -0.170 e. The third-order valence-electron chi connectivity index (χ3n) is 8.78. The third-order valence-corrected chi connectivity index (χ3v) is 8.78. The van der Waals surface area contributed by atoms with Gasteiger partial charge in [-0.1, -0.05) is 66.2 Å². The average molecular weight is 457 g/mol. The van der Waals surface area contributed by atoms with Gasteiger partial charge in [0.05, 0.1) is 0 Å². The molecule has 0 N–H and O–H groups in total. The lowest BCUT2D eigenvalue weighted by molar-refractivity contribution is -0.382. The van der Waals surface area contributed by atoms with Gasteiger partial charge >= 0.3 is 12.4 Å². The van der Waals surface area contributed by atoms with Gasteiger partial charge in [0, 0.05) is 0 Å². The maximum Gasteiger partial charge on any atom is 0.403 e. The van der Waals surface area contributed by atoms with Gasteiger partial charge in [-0.15, -0.1) is 0 Å². The smallest absolute Gasteiger partial charge is 0.170 e. The Bertz CT molecular complexity index is 473. The van der Waals surface area contributed by atoms with Crippen LogP contribution in [-0.4, -0.2) is 12.4 Å². The molecule has 184 valence electrons. The molecule has 0 aromatic heterocycles. The van der Waals surface area contributed by atoms with Crippen molar-refractivity contribution < 1.29 is 26.3 Å². The van der Waals surface area contributed by atoms with E-state index in [9.17, 15) is 26.3 Å². The topological polar surface area (TPSA) is 0 Å². The standard InChI is InChI=1S/C25H42F6/c1-5-17(3)15-19-7-11-21(12-8-19)23(24(26,27)28,25(29,30)31)22-13-9-20(10-14-22)16-18(4)6-2/h17-22H,5-16H2,1-4H3. The van der Waals surface area contributed by atoms with Crippen molar-refractivity contribution in [1.29, 1.82) is 0 Å². The Morgan fingerprint density at radius 3 is 1.10 bits per heavy atom. The molecule has 2 aliphatic rings. The molecule has 6 heteroatoms. The molecule has 0 amide bonds. The minimum absolute atomic E-state index is 0.0485. The van der Waals surface area contributed by atoms with E-state index in [-0.39, 0.29) is 37.5 Å². The molecule has 0 heterocycles. The second-order valence-electron chi connectivity index (χ2n) is 10.8. The Balaban J connectivity index is 2.22. The fourth-order valence-electron chi connectivity index (χ4n) is 6.60. The van der Waals surface area contributed by atoms with Crippen LogP contribution < -0.4 is 0 Å². The minimum atomic E-state index is -5.26. The van der Waals surface area contributed by atoms with Gasteiger partial charge in [-0.3, -0.25) is 0 Å². The first-order chi connectivity index (χ1) is 14.4. The fraction of sp³-hybridized carbons (Fsp3) is 1.00. The van der Waals surface area contributed by atoms with Crippen LogP contribution in [0.5, 0.6) is 0 Å². The molecule has 0 bridgehead atoms. The highest BCUT2D eigenvalue weighted by Gasteiger charge is 2.76. The number of hydrogen-bond acceptors (Lipinski definition) is 0. The summed E-state index contributed by atoms with van der Waals surface area (Å²) in [6.07, 6.45) is -4.54. The van der Waals surface area contributed by atoms with E-state index in [0.717, 1.165) is 25.7 Å². The zero-order valence-corrected chi connectivity index (χ0v) is 19.7. The maximum atomic E-state index is 14.4. The fourth-order valence-corrected chi connectivity index (χ4v) is 6.60. The van der Waals surface area contributed by atoms with Gasteiger partial charge in [0.1, 0.15) is 0 Å². The largest absolute Gasteiger partial charge is 0.403 e. The van der Waals surface area contributed by atoms with Crippen molar-refractivity contribution in [2.45, 2.75) is 117 Å². The van der Waals surface area contributed by atoms with Gasteiger partial charge < -0.3 is 0 Å². The highest BCUT2D eigenvalue weighted by molar-refractivity contribution is 5.05. The van der Waals surface area contributed by atoms with Crippen LogP contribution in [0.25, 0.3) is 0 Å². The first-order valence-corrected chi connectivity index (χ1v) is 12.5. The summed E-state index contributed by atoms with van der Waals surface area (Å²) in [4.78, 5) is 0. The zero-order valence-electron chi connectivity index (χ0n) is 19.7. The number of halogens is 6. The van der Waals surface area contributed by atoms with Gasteiger partial charge in [0.15, 0.2) is 5.41 Å². The number of alkyl halides is 6. The average Bonchev–Trinajstić information content (AvgIpc) is 2.68. The number of hydrogen-bond donors (Lipinski definition) is 0. The Morgan fingerprint density at radius 2 is 0.871 bits per heavy atom. The summed E-state index contributed by atoms with van der Waals surface area (Å²) in [7, 11) is 0. The van der Waals surface area contributed by atoms with Crippen molar-refractivity contribution in [2.24, 2.45) is 40.9 Å². The van der Waals surface area contributed by atoms with Crippen LogP contribution >= 0.6 is 0 Å². The van der Waals surface area contributed by atoms with Crippen LogP contribution in [0.3, 0.4) is 0 Å². The van der Waals surface area contributed by atoms with E-state index in [0.29, 0.717) is 37.5 Å². The van der Waals surface area contributed by atoms with Gasteiger partial charge in [-0.05, 0) is 74.0 Å². The van der Waals surface area contributed by atoms with E-state index >= 15 is 0 Å². The lowest BCUT2D eigenvalue weighted by Crippen LogP contribution is -2.60. The molecule has 0 radical (unpaired) electrons. The molecule has 2 rings (SSSR count). The Hall–Kier alpha value is -0.420. The van der Waals surface area contributed by atoms with Crippen molar-refractivity contribution >= 4 is 0 Å². The molecule has 2 fully saturated rings. The summed E-state index contributed by atoms with van der Waals surface area (Å²) in [5.41, 5.74) is -3.54. The number of rotatable bonds is 8. The van der Waals surface area contributed by atoms with Gasteiger partial charge in [-0.2, -0.15) is 26.3 Å². The summed E-state index contributed by atoms with van der Waals surface area (Å²) < 4.78 is 86.7. The van der Waals surface area contributed by atoms with E-state index < -0.39 is 29.6 Å². The summed E-state index contributed by atoms with van der Waals surface area (Å²) in [6.45, 7) is 8.37. The molecule has 0 spiro atoms. The predicted octanol–water partition coefficient (Wildman–Crippen LogP) is 9.58. The van der Waals surface area contributed by atoms with Crippen molar-refractivity contribution in [3.63, 3.8) is 0 Å². The van der Waals surface area contributed by atoms with Crippen LogP contribution in [-0.2, 0) is 0 Å². The highest BCUT2D eigenvalue weighted by atomic mass is 19.4. The molecule has 2 aliphatic carbocycles. The van der Waals surface area contributed by atoms with Crippen molar-refractivity contribution in [3.8, 4) is 0 Å². The van der Waals surface area contributed by atoms with Gasteiger partial charge in [0.2, 0.25) is 0 Å². The van der Waals surface area contributed by atoms with Crippen molar-refractivity contribution in [1.82, 2.24) is 0 Å². The Labute approximate surface area is 184 Å². The molecule has 0 aromatic rings. The Morgan fingerprint density at radius 1 is 0.581 bits per heavy atom. The molecular weight excluding hydrogens is 414 g/mol. The van der Waals surface area contributed by atoms with Crippen LogP contribution in [0.2, 0.25) is 0 Å². The maximum absolute atomic E-state index is 14.4. The summed E-state index contributed by atoms with van der Waals surface area (Å²) in [6, 6.07) is 0. The van der Waals surface area contributed by atoms with E-state index in [1.807, 2.05) is 0 Å². The lowest BCUT2D eigenvalue weighted by Gasteiger charge is -2.51. The predicted molar refractivity (Wildman–Crippen MR) is 114 cm³/mol. The summed E-state index contributed by atoms with van der Waals surface area (Å²) in [5, 5.41) is 0. The van der Waals surface area contributed by atoms with Crippen LogP contribution in [0.15, 0.2) is 0 Å². The van der Waals surface area contributed by atoms with Gasteiger partial charge in [0.25, 0.3) is 0 Å². The second-order valence-corrected chi connectivity index (χ2v) is 10.8. The van der Waals surface area contributed by atoms with E-state index in [4.69, 9.17) is 0 Å². The van der Waals surface area contributed by atoms with Crippen LogP contribution in [0.4, 0.5) is 26.3 Å². The molecule has 2 unspecified atom stereocenters. The molecular formula is C25H42F6. The van der Waals surface area contributed by atoms with Crippen molar-refractivity contribution in [2.75, 3.05) is 0 Å². The molecule has 2 atom stereocenters. The van der Waals surface area contributed by atoms with E-state index in [2.05, 4.69) is 27.7 Å². The molecule has 2 saturated carbocycles. The normalized spacial score (nSPS) is 30.8. The Kier molecular flexibility index (Phi) is 9.24. The summed E-state index contributed by atoms with van der Waals surface area (Å²) in [5.74, 6) is -1.21. The van der Waals surface area contributed by atoms with Crippen LogP contribution in [0.1, 0.15) is 105 Å². The quantitative estimate of drug-likeness (QED) is 0.319. The van der Waals surface area contributed by atoms with E-state index in [1.54, 1.807) is 0 Å². The summed E-state index contributed by atoms with van der Waals surface area (Å²) >= 11 is 0. The second kappa shape index (κ2) is 10.7. The monoisotopic (exact) mass is 456 g/mol. The molecule has 0 aromatic carbocycles. The molecule has 31 heavy (non-hydrogen) atoms. The third kappa shape index (κ3) is 5.93. The molecule has 0 aliphatic heterocycles. The van der Waals surface area contributed by atoms with E-state index in [1.165, 1.54) is 0 Å². The first kappa shape index (κ1) is 26.8. The molecule has 0 saturated heterocycles. The zero-order chi connectivity index (χ0) is 23.4.